The Morgan fingerprint density at radius 2 is 2.16 bits per heavy atom. The molecule has 3 atom stereocenters. The molecule has 1 saturated heterocycles. The lowest BCUT2D eigenvalue weighted by atomic mass is 9.71. The molecule has 8 heteroatoms. The lowest BCUT2D eigenvalue weighted by molar-refractivity contribution is -0.137. The first-order valence-corrected chi connectivity index (χ1v) is 11.2. The van der Waals surface area contributed by atoms with E-state index in [-0.39, 0.29) is 30.6 Å². The number of ether oxygens (including phenoxy) is 2. The smallest absolute Gasteiger partial charge is 0.283 e. The first kappa shape index (κ1) is 19.5. The number of likely N-dealkylation sites (tertiary alicyclic amines) is 1. The van der Waals surface area contributed by atoms with Crippen molar-refractivity contribution in [2.75, 3.05) is 19.7 Å². The van der Waals surface area contributed by atoms with E-state index >= 15 is 0 Å². The van der Waals surface area contributed by atoms with Gasteiger partial charge in [-0.2, -0.15) is 4.39 Å². The summed E-state index contributed by atoms with van der Waals surface area (Å²) in [6.45, 7) is 1.50. The SMILES string of the molecule is NC1=N[C@@]2(CO1)c1cc(-c3cccnc3F)ccc1OC1CCN(C(=O)CC3CC3)C[C@@H]12. The maximum atomic E-state index is 14.4. The van der Waals surface area contributed by atoms with Crippen molar-refractivity contribution in [2.24, 2.45) is 22.6 Å². The number of aromatic nitrogens is 1. The fourth-order valence-electron chi connectivity index (χ4n) is 5.33. The van der Waals surface area contributed by atoms with Gasteiger partial charge in [-0.25, -0.2) is 9.98 Å². The summed E-state index contributed by atoms with van der Waals surface area (Å²) in [7, 11) is 0. The summed E-state index contributed by atoms with van der Waals surface area (Å²) in [4.78, 5) is 23.4. The zero-order valence-corrected chi connectivity index (χ0v) is 17.7. The summed E-state index contributed by atoms with van der Waals surface area (Å²) in [6, 6.07) is 9.15. The van der Waals surface area contributed by atoms with Crippen molar-refractivity contribution in [1.82, 2.24) is 9.88 Å². The van der Waals surface area contributed by atoms with Gasteiger partial charge in [0.1, 0.15) is 24.0 Å². The standard InChI is InChI=1S/C24H25FN4O3/c25-22-16(2-1-8-27-22)15-5-6-19-17(11-15)24(13-31-23(26)28-24)18-12-29(9-7-20(18)32-19)21(30)10-14-3-4-14/h1-2,5-6,8,11,14,18,20H,3-4,7,9-10,12-13H2,(H2,26,28)/t18-,20?,24-/m0/s1. The molecular formula is C24H25FN4O3. The van der Waals surface area contributed by atoms with Crippen LogP contribution in [0.3, 0.4) is 0 Å². The van der Waals surface area contributed by atoms with Crippen LogP contribution in [-0.2, 0) is 15.1 Å². The number of rotatable bonds is 3. The Kier molecular flexibility index (Phi) is 4.38. The van der Waals surface area contributed by atoms with E-state index < -0.39 is 11.5 Å². The second-order valence-electron chi connectivity index (χ2n) is 9.25. The van der Waals surface area contributed by atoms with Crippen molar-refractivity contribution < 1.29 is 18.7 Å². The Labute approximate surface area is 185 Å². The van der Waals surface area contributed by atoms with Crippen molar-refractivity contribution in [1.29, 1.82) is 0 Å². The highest BCUT2D eigenvalue weighted by atomic mass is 19.1. The molecule has 0 radical (unpaired) electrons. The normalized spacial score (nSPS) is 28.4. The van der Waals surface area contributed by atoms with E-state index in [0.717, 1.165) is 24.8 Å². The first-order chi connectivity index (χ1) is 15.5. The average Bonchev–Trinajstić information content (AvgIpc) is 3.53. The molecule has 1 aromatic carbocycles. The molecule has 2 fully saturated rings. The van der Waals surface area contributed by atoms with Gasteiger partial charge in [-0.05, 0) is 48.6 Å². The van der Waals surface area contributed by atoms with Gasteiger partial charge in [-0.1, -0.05) is 6.07 Å². The van der Waals surface area contributed by atoms with E-state index in [0.29, 0.717) is 42.3 Å². The zero-order chi connectivity index (χ0) is 21.9. The van der Waals surface area contributed by atoms with Crippen LogP contribution in [0.15, 0.2) is 41.5 Å². The largest absolute Gasteiger partial charge is 0.490 e. The van der Waals surface area contributed by atoms with Crippen molar-refractivity contribution in [3.63, 3.8) is 0 Å². The Morgan fingerprint density at radius 3 is 2.91 bits per heavy atom. The van der Waals surface area contributed by atoms with Crippen molar-refractivity contribution in [2.45, 2.75) is 37.3 Å². The summed E-state index contributed by atoms with van der Waals surface area (Å²) in [6.07, 6.45) is 4.98. The van der Waals surface area contributed by atoms with Gasteiger partial charge in [-0.3, -0.25) is 4.79 Å². The summed E-state index contributed by atoms with van der Waals surface area (Å²) >= 11 is 0. The highest BCUT2D eigenvalue weighted by Gasteiger charge is 2.56. The van der Waals surface area contributed by atoms with Crippen molar-refractivity contribution >= 4 is 11.9 Å². The number of hydrogen-bond acceptors (Lipinski definition) is 6. The summed E-state index contributed by atoms with van der Waals surface area (Å²) in [5.74, 6) is 0.823. The number of amidine groups is 1. The van der Waals surface area contributed by atoms with Gasteiger partial charge >= 0.3 is 0 Å². The second-order valence-corrected chi connectivity index (χ2v) is 9.25. The third kappa shape index (κ3) is 3.12. The van der Waals surface area contributed by atoms with Gasteiger partial charge in [0.2, 0.25) is 11.9 Å². The third-order valence-electron chi connectivity index (χ3n) is 7.22. The zero-order valence-electron chi connectivity index (χ0n) is 17.7. The number of nitrogens with two attached hydrogens (primary N) is 1. The summed E-state index contributed by atoms with van der Waals surface area (Å²) in [5, 5.41) is 0. The van der Waals surface area contributed by atoms with Crippen LogP contribution >= 0.6 is 0 Å². The van der Waals surface area contributed by atoms with Crippen LogP contribution in [0.2, 0.25) is 0 Å². The van der Waals surface area contributed by atoms with E-state index in [1.807, 2.05) is 23.1 Å². The number of piperidine rings is 1. The Morgan fingerprint density at radius 1 is 1.28 bits per heavy atom. The second kappa shape index (κ2) is 7.18. The van der Waals surface area contributed by atoms with Crippen LogP contribution in [0.25, 0.3) is 11.1 Å². The minimum Gasteiger partial charge on any atom is -0.490 e. The van der Waals surface area contributed by atoms with E-state index in [2.05, 4.69) is 4.98 Å². The topological polar surface area (TPSA) is 90.0 Å². The number of halogens is 1. The van der Waals surface area contributed by atoms with Crippen LogP contribution in [0.1, 0.15) is 31.2 Å². The fraction of sp³-hybridized carbons (Fsp3) is 0.458. The maximum Gasteiger partial charge on any atom is 0.283 e. The number of nitrogens with zero attached hydrogens (tertiary/aromatic N) is 3. The molecule has 1 amide bonds. The first-order valence-electron chi connectivity index (χ1n) is 11.2. The van der Waals surface area contributed by atoms with Gasteiger partial charge in [-0.15, -0.1) is 0 Å². The number of carbonyl (C=O) groups excluding carboxylic acids is 1. The minimum absolute atomic E-state index is 0.0910. The molecule has 1 aromatic heterocycles. The number of pyridine rings is 1. The summed E-state index contributed by atoms with van der Waals surface area (Å²) in [5.41, 5.74) is 7.14. The number of carbonyl (C=O) groups is 1. The molecule has 2 N–H and O–H groups in total. The molecule has 166 valence electrons. The Balaban J connectivity index is 1.40. The quantitative estimate of drug-likeness (QED) is 0.748. The molecule has 1 saturated carbocycles. The lowest BCUT2D eigenvalue weighted by Gasteiger charge is -2.49. The third-order valence-corrected chi connectivity index (χ3v) is 7.22. The van der Waals surface area contributed by atoms with Gasteiger partial charge in [0, 0.05) is 49.2 Å². The Hall–Kier alpha value is -3.16. The minimum atomic E-state index is -0.768. The molecule has 4 heterocycles. The predicted molar refractivity (Wildman–Crippen MR) is 115 cm³/mol. The molecule has 2 aromatic rings. The van der Waals surface area contributed by atoms with Crippen LogP contribution in [0.4, 0.5) is 4.39 Å². The van der Waals surface area contributed by atoms with Crippen LogP contribution in [0.5, 0.6) is 5.75 Å². The molecule has 1 aliphatic carbocycles. The number of benzene rings is 1. The molecule has 7 nitrogen and oxygen atoms in total. The molecule has 1 spiro atoms. The maximum absolute atomic E-state index is 14.4. The number of amides is 1. The van der Waals surface area contributed by atoms with E-state index in [4.69, 9.17) is 20.2 Å². The molecule has 4 aliphatic rings. The average molecular weight is 436 g/mol. The van der Waals surface area contributed by atoms with E-state index in [9.17, 15) is 9.18 Å². The van der Waals surface area contributed by atoms with E-state index in [1.54, 1.807) is 12.1 Å². The molecule has 3 aliphatic heterocycles. The highest BCUT2D eigenvalue weighted by molar-refractivity contribution is 5.78. The molecule has 0 bridgehead atoms. The molecular weight excluding hydrogens is 411 g/mol. The Bertz CT molecular complexity index is 1120. The fourth-order valence-corrected chi connectivity index (χ4v) is 5.33. The monoisotopic (exact) mass is 436 g/mol. The molecule has 6 rings (SSSR count). The van der Waals surface area contributed by atoms with Gasteiger partial charge in [0.15, 0.2) is 0 Å². The predicted octanol–water partition coefficient (Wildman–Crippen LogP) is 2.84. The van der Waals surface area contributed by atoms with Gasteiger partial charge < -0.3 is 20.1 Å². The molecule has 32 heavy (non-hydrogen) atoms. The number of hydrogen-bond donors (Lipinski definition) is 1. The highest BCUT2D eigenvalue weighted by Crippen LogP contribution is 2.51. The van der Waals surface area contributed by atoms with E-state index in [1.165, 1.54) is 6.20 Å². The van der Waals surface area contributed by atoms with Crippen molar-refractivity contribution in [3.8, 4) is 16.9 Å². The molecule has 1 unspecified atom stereocenters. The van der Waals surface area contributed by atoms with Crippen LogP contribution in [-0.4, -0.2) is 47.6 Å². The number of aliphatic imine (C=N–C) groups is 1. The van der Waals surface area contributed by atoms with Gasteiger partial charge in [0.25, 0.3) is 6.02 Å². The van der Waals surface area contributed by atoms with Crippen molar-refractivity contribution in [3.05, 3.63) is 48.0 Å². The van der Waals surface area contributed by atoms with Crippen LogP contribution < -0.4 is 10.5 Å². The van der Waals surface area contributed by atoms with Crippen LogP contribution in [0, 0.1) is 17.8 Å². The summed E-state index contributed by atoms with van der Waals surface area (Å²) < 4.78 is 26.5. The van der Waals surface area contributed by atoms with Gasteiger partial charge in [0.05, 0.1) is 0 Å². The lowest BCUT2D eigenvalue weighted by Crippen LogP contribution is -2.58. The number of fused-ring (bicyclic) bond motifs is 4.